The van der Waals surface area contributed by atoms with E-state index in [0.29, 0.717) is 13.0 Å². The average molecular weight is 308 g/mol. The molecule has 1 heterocycles. The zero-order chi connectivity index (χ0) is 16.3. The van der Waals surface area contributed by atoms with Gasteiger partial charge in [-0.1, -0.05) is 20.3 Å². The van der Waals surface area contributed by atoms with E-state index in [1.807, 2.05) is 18.7 Å². The predicted octanol–water partition coefficient (Wildman–Crippen LogP) is 1.74. The third-order valence-corrected chi connectivity index (χ3v) is 5.11. The second kappa shape index (κ2) is 7.25. The van der Waals surface area contributed by atoms with Gasteiger partial charge in [0.15, 0.2) is 0 Å². The van der Waals surface area contributed by atoms with Crippen molar-refractivity contribution in [3.63, 3.8) is 0 Å². The molecule has 0 radical (unpaired) electrons. The van der Waals surface area contributed by atoms with Crippen LogP contribution in [0.15, 0.2) is 0 Å². The van der Waals surface area contributed by atoms with Gasteiger partial charge in [-0.05, 0) is 32.1 Å². The highest BCUT2D eigenvalue weighted by Crippen LogP contribution is 2.33. The fraction of sp³-hybridized carbons (Fsp3) is 0.824. The minimum absolute atomic E-state index is 0.0252. The van der Waals surface area contributed by atoms with Gasteiger partial charge in [-0.25, -0.2) is 0 Å². The number of ketones is 1. The SMILES string of the molecule is CC(C)C(=O)N1CCCC(C(=O)C2CCC[C@@H](C(N)=O)C2)C1. The van der Waals surface area contributed by atoms with Crippen LogP contribution in [-0.4, -0.2) is 35.6 Å². The number of likely N-dealkylation sites (tertiary alicyclic amines) is 1. The highest BCUT2D eigenvalue weighted by molar-refractivity contribution is 5.86. The van der Waals surface area contributed by atoms with Crippen molar-refractivity contribution >= 4 is 17.6 Å². The maximum Gasteiger partial charge on any atom is 0.225 e. The van der Waals surface area contributed by atoms with Crippen LogP contribution in [0.3, 0.4) is 0 Å². The summed E-state index contributed by atoms with van der Waals surface area (Å²) in [5.74, 6) is -0.193. The molecule has 1 aliphatic heterocycles. The van der Waals surface area contributed by atoms with E-state index in [4.69, 9.17) is 5.73 Å². The summed E-state index contributed by atoms with van der Waals surface area (Å²) in [7, 11) is 0. The molecular formula is C17H28N2O3. The minimum Gasteiger partial charge on any atom is -0.369 e. The van der Waals surface area contributed by atoms with Gasteiger partial charge in [0, 0.05) is 36.8 Å². The lowest BCUT2D eigenvalue weighted by molar-refractivity contribution is -0.139. The molecule has 1 saturated heterocycles. The molecule has 1 saturated carbocycles. The third-order valence-electron chi connectivity index (χ3n) is 5.11. The molecule has 5 heteroatoms. The van der Waals surface area contributed by atoms with Crippen molar-refractivity contribution in [2.24, 2.45) is 29.4 Å². The van der Waals surface area contributed by atoms with E-state index < -0.39 is 0 Å². The second-order valence-electron chi connectivity index (χ2n) is 7.14. The first-order valence-electron chi connectivity index (χ1n) is 8.52. The lowest BCUT2D eigenvalue weighted by Crippen LogP contribution is -2.45. The first-order valence-corrected chi connectivity index (χ1v) is 8.52. The number of nitrogens with two attached hydrogens (primary N) is 1. The van der Waals surface area contributed by atoms with Crippen molar-refractivity contribution in [1.82, 2.24) is 4.90 Å². The number of primary amides is 1. The van der Waals surface area contributed by atoms with Gasteiger partial charge in [-0.15, -0.1) is 0 Å². The average Bonchev–Trinajstić information content (AvgIpc) is 2.53. The summed E-state index contributed by atoms with van der Waals surface area (Å²) < 4.78 is 0. The maximum atomic E-state index is 12.8. The molecule has 0 aromatic rings. The Labute approximate surface area is 132 Å². The molecule has 5 nitrogen and oxygen atoms in total. The zero-order valence-electron chi connectivity index (χ0n) is 13.7. The molecule has 2 rings (SSSR count). The van der Waals surface area contributed by atoms with Crippen LogP contribution in [0.5, 0.6) is 0 Å². The van der Waals surface area contributed by atoms with Crippen LogP contribution in [0.4, 0.5) is 0 Å². The molecule has 1 aliphatic carbocycles. The molecule has 22 heavy (non-hydrogen) atoms. The van der Waals surface area contributed by atoms with Crippen molar-refractivity contribution in [2.45, 2.75) is 52.4 Å². The summed E-state index contributed by atoms with van der Waals surface area (Å²) in [6.07, 6.45) is 4.91. The molecule has 0 aromatic carbocycles. The van der Waals surface area contributed by atoms with Gasteiger partial charge in [0.1, 0.15) is 5.78 Å². The molecule has 3 atom stereocenters. The first-order chi connectivity index (χ1) is 10.4. The van der Waals surface area contributed by atoms with Crippen LogP contribution in [0.2, 0.25) is 0 Å². The summed E-state index contributed by atoms with van der Waals surface area (Å²) in [6, 6.07) is 0. The Hall–Kier alpha value is -1.39. The minimum atomic E-state index is -0.280. The van der Waals surface area contributed by atoms with Crippen LogP contribution >= 0.6 is 0 Å². The highest BCUT2D eigenvalue weighted by atomic mass is 16.2. The second-order valence-corrected chi connectivity index (χ2v) is 7.14. The molecule has 2 N–H and O–H groups in total. The topological polar surface area (TPSA) is 80.5 Å². The number of piperidine rings is 1. The molecule has 2 amide bonds. The quantitative estimate of drug-likeness (QED) is 0.859. The Bertz CT molecular complexity index is 447. The first kappa shape index (κ1) is 17.0. The van der Waals surface area contributed by atoms with Crippen LogP contribution in [0.1, 0.15) is 52.4 Å². The van der Waals surface area contributed by atoms with E-state index in [2.05, 4.69) is 0 Å². The fourth-order valence-corrected chi connectivity index (χ4v) is 3.81. The lowest BCUT2D eigenvalue weighted by atomic mass is 9.75. The Morgan fingerprint density at radius 1 is 1.00 bits per heavy atom. The van der Waals surface area contributed by atoms with E-state index >= 15 is 0 Å². The predicted molar refractivity (Wildman–Crippen MR) is 83.8 cm³/mol. The summed E-state index contributed by atoms with van der Waals surface area (Å²) in [6.45, 7) is 5.10. The largest absolute Gasteiger partial charge is 0.369 e. The molecule has 2 fully saturated rings. The summed E-state index contributed by atoms with van der Waals surface area (Å²) in [5.41, 5.74) is 5.40. The van der Waals surface area contributed by atoms with Crippen LogP contribution in [0, 0.1) is 23.7 Å². The zero-order valence-corrected chi connectivity index (χ0v) is 13.7. The number of amides is 2. The van der Waals surface area contributed by atoms with Crippen LogP contribution < -0.4 is 5.73 Å². The summed E-state index contributed by atoms with van der Waals surface area (Å²) >= 11 is 0. The molecule has 0 bridgehead atoms. The molecule has 0 aromatic heterocycles. The van der Waals surface area contributed by atoms with E-state index in [1.165, 1.54) is 0 Å². The van der Waals surface area contributed by atoms with Crippen molar-refractivity contribution in [1.29, 1.82) is 0 Å². The van der Waals surface area contributed by atoms with Gasteiger partial charge in [0.2, 0.25) is 11.8 Å². The smallest absolute Gasteiger partial charge is 0.225 e. The van der Waals surface area contributed by atoms with E-state index in [-0.39, 0.29) is 41.3 Å². The van der Waals surface area contributed by atoms with Crippen molar-refractivity contribution in [3.05, 3.63) is 0 Å². The van der Waals surface area contributed by atoms with Gasteiger partial charge < -0.3 is 10.6 Å². The van der Waals surface area contributed by atoms with Gasteiger partial charge in [-0.2, -0.15) is 0 Å². The Morgan fingerprint density at radius 2 is 1.64 bits per heavy atom. The molecule has 124 valence electrons. The van der Waals surface area contributed by atoms with E-state index in [0.717, 1.165) is 38.6 Å². The number of nitrogens with zero attached hydrogens (tertiary/aromatic N) is 1. The number of rotatable bonds is 4. The summed E-state index contributed by atoms with van der Waals surface area (Å²) in [5, 5.41) is 0. The number of carbonyl (C=O) groups excluding carboxylic acids is 3. The standard InChI is InChI=1S/C17H28N2O3/c1-11(2)17(22)19-8-4-7-14(10-19)15(20)12-5-3-6-13(9-12)16(18)21/h11-14H,3-10H2,1-2H3,(H2,18,21)/t12?,13-,14?/m1/s1. The molecular weight excluding hydrogens is 280 g/mol. The van der Waals surface area contributed by atoms with Crippen LogP contribution in [-0.2, 0) is 14.4 Å². The third kappa shape index (κ3) is 3.87. The highest BCUT2D eigenvalue weighted by Gasteiger charge is 2.36. The van der Waals surface area contributed by atoms with Gasteiger partial charge in [0.25, 0.3) is 0 Å². The number of carbonyl (C=O) groups is 3. The molecule has 2 aliphatic rings. The van der Waals surface area contributed by atoms with Gasteiger partial charge >= 0.3 is 0 Å². The van der Waals surface area contributed by atoms with Crippen LogP contribution in [0.25, 0.3) is 0 Å². The Morgan fingerprint density at radius 3 is 2.27 bits per heavy atom. The van der Waals surface area contributed by atoms with Gasteiger partial charge in [-0.3, -0.25) is 14.4 Å². The normalized spacial score (nSPS) is 29.4. The van der Waals surface area contributed by atoms with Crippen molar-refractivity contribution in [2.75, 3.05) is 13.1 Å². The number of Topliss-reactive ketones (excluding diaryl/α,β-unsaturated/α-hetero) is 1. The van der Waals surface area contributed by atoms with E-state index in [9.17, 15) is 14.4 Å². The molecule has 0 spiro atoms. The fourth-order valence-electron chi connectivity index (χ4n) is 3.81. The Kier molecular flexibility index (Phi) is 5.59. The lowest BCUT2D eigenvalue weighted by Gasteiger charge is -2.36. The van der Waals surface area contributed by atoms with E-state index in [1.54, 1.807) is 0 Å². The monoisotopic (exact) mass is 308 g/mol. The maximum absolute atomic E-state index is 12.8. The number of hydrogen-bond donors (Lipinski definition) is 1. The summed E-state index contributed by atoms with van der Waals surface area (Å²) in [4.78, 5) is 38.1. The Balaban J connectivity index is 1.96. The number of hydrogen-bond acceptors (Lipinski definition) is 3. The van der Waals surface area contributed by atoms with Gasteiger partial charge in [0.05, 0.1) is 0 Å². The van der Waals surface area contributed by atoms with Crippen molar-refractivity contribution in [3.8, 4) is 0 Å². The molecule has 2 unspecified atom stereocenters. The van der Waals surface area contributed by atoms with Crippen molar-refractivity contribution < 1.29 is 14.4 Å².